The number of benzene rings is 1. The fraction of sp³-hybridized carbons (Fsp3) is 0.308. The number of nitro benzene ring substituents is 1. The lowest BCUT2D eigenvalue weighted by atomic mass is 10.2. The van der Waals surface area contributed by atoms with Crippen LogP contribution in [0.3, 0.4) is 0 Å². The highest BCUT2D eigenvalue weighted by atomic mass is 35.5. The minimum atomic E-state index is -0.573. The zero-order valence-electron chi connectivity index (χ0n) is 12.3. The fourth-order valence-electron chi connectivity index (χ4n) is 1.53. The summed E-state index contributed by atoms with van der Waals surface area (Å²) in [7, 11) is 0. The number of hydrogen-bond donors (Lipinski definition) is 1. The second-order valence-corrected chi connectivity index (χ2v) is 7.66. The zero-order chi connectivity index (χ0) is 17.0. The molecule has 1 N–H and O–H groups in total. The number of rotatable bonds is 6. The fourth-order valence-corrected chi connectivity index (χ4v) is 3.78. The third-order valence-electron chi connectivity index (χ3n) is 2.91. The molecular weight excluding hydrogens is 360 g/mol. The van der Waals surface area contributed by atoms with Crippen molar-refractivity contribution in [3.8, 4) is 0 Å². The molecule has 122 valence electrons. The molecule has 1 unspecified atom stereocenters. The molecule has 1 heterocycles. The summed E-state index contributed by atoms with van der Waals surface area (Å²) in [5, 5.41) is 22.0. The molecule has 0 aliphatic carbocycles. The van der Waals surface area contributed by atoms with E-state index in [9.17, 15) is 14.9 Å². The number of carbonyl (C=O) groups is 1. The quantitative estimate of drug-likeness (QED) is 0.352. The predicted octanol–water partition coefficient (Wildman–Crippen LogP) is 4.24. The normalized spacial score (nSPS) is 12.0. The topological polar surface area (TPSA) is 98.0 Å². The van der Waals surface area contributed by atoms with Crippen LogP contribution in [0.4, 0.5) is 10.8 Å². The number of anilines is 1. The van der Waals surface area contributed by atoms with E-state index < -0.39 is 10.8 Å². The second kappa shape index (κ2) is 7.71. The first-order valence-corrected chi connectivity index (χ1v) is 8.73. The number of hydrogen-bond acceptors (Lipinski definition) is 7. The van der Waals surface area contributed by atoms with Crippen LogP contribution in [0.1, 0.15) is 30.6 Å². The lowest BCUT2D eigenvalue weighted by Gasteiger charge is -2.04. The van der Waals surface area contributed by atoms with Crippen molar-refractivity contribution >= 4 is 51.4 Å². The minimum absolute atomic E-state index is 0.00965. The van der Waals surface area contributed by atoms with E-state index in [0.29, 0.717) is 10.4 Å². The van der Waals surface area contributed by atoms with Gasteiger partial charge in [-0.3, -0.25) is 20.2 Å². The van der Waals surface area contributed by atoms with Crippen molar-refractivity contribution in [3.63, 3.8) is 0 Å². The Kier molecular flexibility index (Phi) is 5.91. The standard InChI is InChI=1S/C13H13ClN4O3S2/c1-3-7(2)22-13-17-16-12(23-13)15-11(19)9-5-4-8(18(20)21)6-10(9)14/h4-7H,3H2,1-2H3,(H,15,16,19). The van der Waals surface area contributed by atoms with E-state index in [-0.39, 0.29) is 16.3 Å². The molecule has 1 aromatic carbocycles. The van der Waals surface area contributed by atoms with E-state index in [0.717, 1.165) is 16.8 Å². The van der Waals surface area contributed by atoms with Gasteiger partial charge < -0.3 is 0 Å². The van der Waals surface area contributed by atoms with Crippen molar-refractivity contribution in [1.29, 1.82) is 0 Å². The van der Waals surface area contributed by atoms with E-state index in [2.05, 4.69) is 29.4 Å². The van der Waals surface area contributed by atoms with Crippen molar-refractivity contribution in [1.82, 2.24) is 10.2 Å². The molecule has 10 heteroatoms. The summed E-state index contributed by atoms with van der Waals surface area (Å²) >= 11 is 8.78. The van der Waals surface area contributed by atoms with Crippen molar-refractivity contribution < 1.29 is 9.72 Å². The molecule has 1 atom stereocenters. The van der Waals surface area contributed by atoms with Crippen LogP contribution in [0, 0.1) is 10.1 Å². The Balaban J connectivity index is 2.09. The molecule has 0 bridgehead atoms. The van der Waals surface area contributed by atoms with Gasteiger partial charge in [-0.15, -0.1) is 10.2 Å². The van der Waals surface area contributed by atoms with Gasteiger partial charge in [-0.25, -0.2) is 0 Å². The van der Waals surface area contributed by atoms with E-state index in [1.165, 1.54) is 23.5 Å². The smallest absolute Gasteiger partial charge is 0.270 e. The van der Waals surface area contributed by atoms with Crippen molar-refractivity contribution in [3.05, 3.63) is 38.9 Å². The van der Waals surface area contributed by atoms with Gasteiger partial charge in [-0.05, 0) is 12.5 Å². The van der Waals surface area contributed by atoms with Gasteiger partial charge in [-0.1, -0.05) is 48.5 Å². The van der Waals surface area contributed by atoms with Gasteiger partial charge in [0, 0.05) is 17.4 Å². The van der Waals surface area contributed by atoms with E-state index in [4.69, 9.17) is 11.6 Å². The van der Waals surface area contributed by atoms with Gasteiger partial charge in [-0.2, -0.15) is 0 Å². The van der Waals surface area contributed by atoms with Crippen molar-refractivity contribution in [2.24, 2.45) is 0 Å². The first kappa shape index (κ1) is 17.6. The number of nitrogens with one attached hydrogen (secondary N) is 1. The van der Waals surface area contributed by atoms with Crippen LogP contribution >= 0.6 is 34.7 Å². The Bertz CT molecular complexity index is 738. The first-order chi connectivity index (χ1) is 10.9. The minimum Gasteiger partial charge on any atom is -0.296 e. The van der Waals surface area contributed by atoms with E-state index in [1.54, 1.807) is 11.8 Å². The van der Waals surface area contributed by atoms with Gasteiger partial charge in [0.1, 0.15) is 0 Å². The van der Waals surface area contributed by atoms with Crippen LogP contribution < -0.4 is 5.32 Å². The molecule has 0 aliphatic heterocycles. The summed E-state index contributed by atoms with van der Waals surface area (Å²) in [5.41, 5.74) is -0.0294. The average Bonchev–Trinajstić information content (AvgIpc) is 2.93. The summed E-state index contributed by atoms with van der Waals surface area (Å²) in [6.45, 7) is 4.17. The van der Waals surface area contributed by atoms with Gasteiger partial charge in [0.15, 0.2) is 4.34 Å². The van der Waals surface area contributed by atoms with Crippen LogP contribution in [-0.2, 0) is 0 Å². The molecule has 7 nitrogen and oxygen atoms in total. The molecule has 1 amide bonds. The molecule has 2 aromatic rings. The van der Waals surface area contributed by atoms with E-state index >= 15 is 0 Å². The van der Waals surface area contributed by atoms with Gasteiger partial charge in [0.25, 0.3) is 11.6 Å². The number of carbonyl (C=O) groups excluding carboxylic acids is 1. The Morgan fingerprint density at radius 2 is 2.26 bits per heavy atom. The molecule has 0 aliphatic rings. The number of amides is 1. The summed E-state index contributed by atoms with van der Waals surface area (Å²) in [4.78, 5) is 22.3. The summed E-state index contributed by atoms with van der Waals surface area (Å²) in [6, 6.07) is 3.68. The SMILES string of the molecule is CCC(C)Sc1nnc(NC(=O)c2ccc([N+](=O)[O-])cc2Cl)s1. The van der Waals surface area contributed by atoms with Crippen LogP contribution in [-0.4, -0.2) is 26.3 Å². The lowest BCUT2D eigenvalue weighted by Crippen LogP contribution is -2.12. The number of non-ortho nitro benzene ring substituents is 1. The second-order valence-electron chi connectivity index (χ2n) is 4.59. The summed E-state index contributed by atoms with van der Waals surface area (Å²) < 4.78 is 0.768. The number of nitrogens with zero attached hydrogens (tertiary/aromatic N) is 3. The third kappa shape index (κ3) is 4.63. The zero-order valence-corrected chi connectivity index (χ0v) is 14.7. The maximum Gasteiger partial charge on any atom is 0.270 e. The van der Waals surface area contributed by atoms with Gasteiger partial charge in [0.05, 0.1) is 15.5 Å². The van der Waals surface area contributed by atoms with Crippen LogP contribution in [0.2, 0.25) is 5.02 Å². The number of nitro groups is 1. The Hall–Kier alpha value is -1.71. The van der Waals surface area contributed by atoms with Crippen LogP contribution in [0.5, 0.6) is 0 Å². The van der Waals surface area contributed by atoms with Crippen LogP contribution in [0.15, 0.2) is 22.5 Å². The maximum atomic E-state index is 12.2. The van der Waals surface area contributed by atoms with Crippen molar-refractivity contribution in [2.75, 3.05) is 5.32 Å². The van der Waals surface area contributed by atoms with Gasteiger partial charge >= 0.3 is 0 Å². The predicted molar refractivity (Wildman–Crippen MR) is 91.6 cm³/mol. The molecule has 23 heavy (non-hydrogen) atoms. The van der Waals surface area contributed by atoms with Gasteiger partial charge in [0.2, 0.25) is 5.13 Å². The first-order valence-electron chi connectivity index (χ1n) is 6.66. The van der Waals surface area contributed by atoms with Crippen LogP contribution in [0.25, 0.3) is 0 Å². The molecule has 0 saturated heterocycles. The molecule has 0 radical (unpaired) electrons. The number of aromatic nitrogens is 2. The third-order valence-corrected chi connectivity index (χ3v) is 5.42. The largest absolute Gasteiger partial charge is 0.296 e. The molecule has 0 spiro atoms. The Morgan fingerprint density at radius 1 is 1.52 bits per heavy atom. The monoisotopic (exact) mass is 372 g/mol. The Morgan fingerprint density at radius 3 is 2.87 bits per heavy atom. The van der Waals surface area contributed by atoms with Crippen molar-refractivity contribution in [2.45, 2.75) is 29.9 Å². The number of halogens is 1. The summed E-state index contributed by atoms with van der Waals surface area (Å²) in [6.07, 6.45) is 1.00. The highest BCUT2D eigenvalue weighted by molar-refractivity contribution is 8.01. The molecule has 2 rings (SSSR count). The maximum absolute atomic E-state index is 12.2. The van der Waals surface area contributed by atoms with E-state index in [1.807, 2.05) is 0 Å². The molecular formula is C13H13ClN4O3S2. The summed E-state index contributed by atoms with van der Waals surface area (Å²) in [5.74, 6) is -0.485. The lowest BCUT2D eigenvalue weighted by molar-refractivity contribution is -0.384. The molecule has 1 aromatic heterocycles. The molecule has 0 saturated carbocycles. The highest BCUT2D eigenvalue weighted by Gasteiger charge is 2.17. The molecule has 0 fully saturated rings. The Labute approximate surface area is 145 Å². The number of thioether (sulfide) groups is 1. The average molecular weight is 373 g/mol. The highest BCUT2D eigenvalue weighted by Crippen LogP contribution is 2.30.